The maximum Gasteiger partial charge on any atom is 0.227 e. The summed E-state index contributed by atoms with van der Waals surface area (Å²) in [6, 6.07) is 4.54. The van der Waals surface area contributed by atoms with Crippen LogP contribution in [0.2, 0.25) is 0 Å². The lowest BCUT2D eigenvalue weighted by Crippen LogP contribution is -2.49. The summed E-state index contributed by atoms with van der Waals surface area (Å²) in [5.41, 5.74) is 0.902. The average Bonchev–Trinajstić information content (AvgIpc) is 3.59. The molecular formula is C24H35N7O2. The fourth-order valence-electron chi connectivity index (χ4n) is 4.90. The SMILES string of the molecule is CN(c1nccc(Nc2cc(C3CC3)[nH]n2)n1)[C@H]1CC[C@H](NC(=O)C2(C)CCOCC2)CC1. The summed E-state index contributed by atoms with van der Waals surface area (Å²) in [6.45, 7) is 3.42. The molecule has 3 heterocycles. The molecule has 2 saturated carbocycles. The van der Waals surface area contributed by atoms with Gasteiger partial charge in [0.25, 0.3) is 0 Å². The van der Waals surface area contributed by atoms with Crippen LogP contribution in [0.1, 0.15) is 69.9 Å². The molecule has 1 saturated heterocycles. The maximum atomic E-state index is 12.8. The van der Waals surface area contributed by atoms with E-state index in [0.29, 0.717) is 31.1 Å². The molecule has 0 bridgehead atoms. The van der Waals surface area contributed by atoms with Crippen molar-refractivity contribution in [3.63, 3.8) is 0 Å². The van der Waals surface area contributed by atoms with Gasteiger partial charge in [-0.3, -0.25) is 9.89 Å². The Hall–Kier alpha value is -2.68. The van der Waals surface area contributed by atoms with Crippen LogP contribution < -0.4 is 15.5 Å². The fraction of sp³-hybridized carbons (Fsp3) is 0.667. The Morgan fingerprint density at radius 1 is 1.15 bits per heavy atom. The van der Waals surface area contributed by atoms with E-state index in [-0.39, 0.29) is 17.4 Å². The molecule has 0 unspecified atom stereocenters. The molecule has 9 nitrogen and oxygen atoms in total. The minimum atomic E-state index is -0.291. The lowest BCUT2D eigenvalue weighted by molar-refractivity contribution is -0.136. The minimum Gasteiger partial charge on any atom is -0.381 e. The second-order valence-electron chi connectivity index (χ2n) is 10.1. The third kappa shape index (κ3) is 5.13. The summed E-state index contributed by atoms with van der Waals surface area (Å²) in [5, 5.41) is 14.1. The minimum absolute atomic E-state index is 0.188. The molecule has 2 aliphatic carbocycles. The quantitative estimate of drug-likeness (QED) is 0.589. The molecule has 0 radical (unpaired) electrons. The third-order valence-corrected chi connectivity index (χ3v) is 7.55. The molecule has 33 heavy (non-hydrogen) atoms. The second-order valence-corrected chi connectivity index (χ2v) is 10.1. The van der Waals surface area contributed by atoms with Crippen molar-refractivity contribution in [1.82, 2.24) is 25.5 Å². The van der Waals surface area contributed by atoms with Crippen LogP contribution in [0.4, 0.5) is 17.6 Å². The highest BCUT2D eigenvalue weighted by Gasteiger charge is 2.37. The lowest BCUT2D eigenvalue weighted by Gasteiger charge is -2.37. The van der Waals surface area contributed by atoms with Gasteiger partial charge in [-0.15, -0.1) is 0 Å². The molecule has 0 atom stereocenters. The first-order valence-electron chi connectivity index (χ1n) is 12.3. The van der Waals surface area contributed by atoms with Gasteiger partial charge in [0.05, 0.1) is 5.41 Å². The molecule has 2 aromatic rings. The lowest BCUT2D eigenvalue weighted by atomic mass is 9.80. The van der Waals surface area contributed by atoms with E-state index < -0.39 is 0 Å². The summed E-state index contributed by atoms with van der Waals surface area (Å²) >= 11 is 0. The van der Waals surface area contributed by atoms with Gasteiger partial charge in [-0.25, -0.2) is 4.98 Å². The number of aromatic nitrogens is 4. The number of hydrogen-bond donors (Lipinski definition) is 3. The van der Waals surface area contributed by atoms with Crippen LogP contribution >= 0.6 is 0 Å². The number of nitrogens with one attached hydrogen (secondary N) is 3. The van der Waals surface area contributed by atoms with E-state index in [1.807, 2.05) is 6.07 Å². The normalized spacial score (nSPS) is 24.8. The number of carbonyl (C=O) groups excluding carboxylic acids is 1. The second kappa shape index (κ2) is 9.29. The molecule has 0 spiro atoms. The van der Waals surface area contributed by atoms with Gasteiger partial charge in [-0.1, -0.05) is 6.92 Å². The molecule has 0 aromatic carbocycles. The van der Waals surface area contributed by atoms with Crippen molar-refractivity contribution in [2.75, 3.05) is 30.5 Å². The Morgan fingerprint density at radius 3 is 2.64 bits per heavy atom. The van der Waals surface area contributed by atoms with Crippen LogP contribution in [-0.4, -0.2) is 58.4 Å². The highest BCUT2D eigenvalue weighted by Crippen LogP contribution is 2.39. The number of rotatable bonds is 7. The summed E-state index contributed by atoms with van der Waals surface area (Å²) < 4.78 is 5.44. The van der Waals surface area contributed by atoms with Gasteiger partial charge >= 0.3 is 0 Å². The van der Waals surface area contributed by atoms with Gasteiger partial charge in [0.15, 0.2) is 5.82 Å². The molecule has 1 amide bonds. The number of hydrogen-bond acceptors (Lipinski definition) is 7. The summed E-state index contributed by atoms with van der Waals surface area (Å²) in [4.78, 5) is 24.2. The summed E-state index contributed by atoms with van der Waals surface area (Å²) in [6.07, 6.45) is 9.84. The summed E-state index contributed by atoms with van der Waals surface area (Å²) in [7, 11) is 2.06. The van der Waals surface area contributed by atoms with Crippen molar-refractivity contribution in [3.05, 3.63) is 24.0 Å². The number of aromatic amines is 1. The zero-order valence-electron chi connectivity index (χ0n) is 19.6. The predicted molar refractivity (Wildman–Crippen MR) is 127 cm³/mol. The van der Waals surface area contributed by atoms with Gasteiger partial charge in [0.1, 0.15) is 5.82 Å². The van der Waals surface area contributed by atoms with Crippen LogP contribution in [0, 0.1) is 5.41 Å². The number of H-pyrrole nitrogens is 1. The standard InChI is InChI=1S/C24H35N7O2/c1-24(10-13-33-14-11-24)22(32)26-17-5-7-18(8-6-17)31(2)23-25-12-9-20(28-23)27-21-15-19(29-30-21)16-3-4-16/h9,12,15-18H,3-8,10-11,13-14H2,1-2H3,(H,26,32)(H2,25,27,28,29,30)/t17-,18-. The van der Waals surface area contributed by atoms with Crippen molar-refractivity contribution in [2.45, 2.75) is 76.3 Å². The van der Waals surface area contributed by atoms with Gasteiger partial charge < -0.3 is 20.3 Å². The molecule has 1 aliphatic heterocycles. The van der Waals surface area contributed by atoms with E-state index in [2.05, 4.69) is 50.8 Å². The highest BCUT2D eigenvalue weighted by atomic mass is 16.5. The van der Waals surface area contributed by atoms with Crippen molar-refractivity contribution >= 4 is 23.5 Å². The van der Waals surface area contributed by atoms with Crippen LogP contribution in [0.5, 0.6) is 0 Å². The van der Waals surface area contributed by atoms with E-state index in [0.717, 1.165) is 50.2 Å². The van der Waals surface area contributed by atoms with Crippen LogP contribution in [-0.2, 0) is 9.53 Å². The van der Waals surface area contributed by atoms with Crippen molar-refractivity contribution < 1.29 is 9.53 Å². The zero-order chi connectivity index (χ0) is 22.8. The first kappa shape index (κ1) is 22.1. The van der Waals surface area contributed by atoms with Gasteiger partial charge in [-0.05, 0) is 57.4 Å². The molecule has 3 N–H and O–H groups in total. The Bertz CT molecular complexity index is 959. The molecule has 9 heteroatoms. The Morgan fingerprint density at radius 2 is 1.91 bits per heavy atom. The zero-order valence-corrected chi connectivity index (χ0v) is 19.6. The smallest absolute Gasteiger partial charge is 0.227 e. The third-order valence-electron chi connectivity index (χ3n) is 7.55. The van der Waals surface area contributed by atoms with E-state index in [9.17, 15) is 4.79 Å². The van der Waals surface area contributed by atoms with Crippen LogP contribution in [0.25, 0.3) is 0 Å². The molecule has 5 rings (SSSR count). The number of carbonyl (C=O) groups is 1. The Labute approximate surface area is 195 Å². The van der Waals surface area contributed by atoms with Gasteiger partial charge in [0, 0.05) is 56.2 Å². The van der Waals surface area contributed by atoms with E-state index in [1.54, 1.807) is 6.20 Å². The maximum absolute atomic E-state index is 12.8. The van der Waals surface area contributed by atoms with E-state index >= 15 is 0 Å². The van der Waals surface area contributed by atoms with Crippen molar-refractivity contribution in [3.8, 4) is 0 Å². The monoisotopic (exact) mass is 453 g/mol. The van der Waals surface area contributed by atoms with E-state index in [4.69, 9.17) is 9.72 Å². The van der Waals surface area contributed by atoms with Crippen molar-refractivity contribution in [2.24, 2.45) is 5.41 Å². The van der Waals surface area contributed by atoms with Gasteiger partial charge in [0.2, 0.25) is 11.9 Å². The molecular weight excluding hydrogens is 418 g/mol. The summed E-state index contributed by atoms with van der Waals surface area (Å²) in [5.74, 6) is 3.07. The first-order valence-corrected chi connectivity index (χ1v) is 12.3. The van der Waals surface area contributed by atoms with Crippen LogP contribution in [0.15, 0.2) is 18.3 Å². The van der Waals surface area contributed by atoms with Crippen molar-refractivity contribution in [1.29, 1.82) is 0 Å². The van der Waals surface area contributed by atoms with E-state index in [1.165, 1.54) is 18.5 Å². The molecule has 3 fully saturated rings. The largest absolute Gasteiger partial charge is 0.381 e. The molecule has 178 valence electrons. The van der Waals surface area contributed by atoms with Gasteiger partial charge in [-0.2, -0.15) is 10.1 Å². The number of ether oxygens (including phenoxy) is 1. The average molecular weight is 454 g/mol. The number of anilines is 3. The Balaban J connectivity index is 1.14. The predicted octanol–water partition coefficient (Wildman–Crippen LogP) is 3.50. The highest BCUT2D eigenvalue weighted by molar-refractivity contribution is 5.82. The molecule has 2 aromatic heterocycles. The number of nitrogens with zero attached hydrogens (tertiary/aromatic N) is 4. The van der Waals surface area contributed by atoms with Crippen LogP contribution in [0.3, 0.4) is 0 Å². The Kier molecular flexibility index (Phi) is 6.23. The molecule has 3 aliphatic rings. The topological polar surface area (TPSA) is 108 Å². The first-order chi connectivity index (χ1) is 16.0. The fourth-order valence-corrected chi connectivity index (χ4v) is 4.90. The number of amides is 1.